The van der Waals surface area contributed by atoms with Crippen LogP contribution in [0.5, 0.6) is 0 Å². The second-order valence-corrected chi connectivity index (χ2v) is 6.61. The van der Waals surface area contributed by atoms with E-state index >= 15 is 0 Å². The van der Waals surface area contributed by atoms with Crippen molar-refractivity contribution in [3.05, 3.63) is 23.7 Å². The number of halogens is 3. The molecule has 0 radical (unpaired) electrons. The summed E-state index contributed by atoms with van der Waals surface area (Å²) in [7, 11) is 0. The third-order valence-electron chi connectivity index (χ3n) is 4.25. The molecule has 130 valence electrons. The van der Waals surface area contributed by atoms with Crippen molar-refractivity contribution in [1.82, 2.24) is 19.7 Å². The molecule has 1 aliphatic carbocycles. The molecule has 9 heteroatoms. The first kappa shape index (κ1) is 17.0. The Morgan fingerprint density at radius 3 is 2.75 bits per heavy atom. The average Bonchev–Trinajstić information content (AvgIpc) is 2.99. The van der Waals surface area contributed by atoms with Crippen LogP contribution < -0.4 is 5.32 Å². The van der Waals surface area contributed by atoms with Crippen molar-refractivity contribution in [2.24, 2.45) is 0 Å². The predicted molar refractivity (Wildman–Crippen MR) is 86.0 cm³/mol. The Labute approximate surface area is 142 Å². The number of rotatable bonds is 4. The number of hydrogen-bond donors (Lipinski definition) is 2. The van der Waals surface area contributed by atoms with Gasteiger partial charge in [0, 0.05) is 18.4 Å². The van der Waals surface area contributed by atoms with Crippen LogP contribution in [-0.4, -0.2) is 36.5 Å². The molecule has 0 bridgehead atoms. The number of anilines is 1. The first-order valence-corrected chi connectivity index (χ1v) is 8.07. The highest BCUT2D eigenvalue weighted by atomic mass is 35.5. The molecular formula is C15H18ClF2N5O. The van der Waals surface area contributed by atoms with Gasteiger partial charge in [-0.05, 0) is 50.3 Å². The van der Waals surface area contributed by atoms with Gasteiger partial charge >= 0.3 is 6.55 Å². The second-order valence-electron chi connectivity index (χ2n) is 6.28. The average molecular weight is 358 g/mol. The van der Waals surface area contributed by atoms with Crippen LogP contribution in [-0.2, 0) is 0 Å². The molecule has 2 aromatic heterocycles. The Kier molecular flexibility index (Phi) is 4.69. The number of aromatic nitrogens is 4. The maximum Gasteiger partial charge on any atom is 0.333 e. The lowest BCUT2D eigenvalue weighted by atomic mass is 9.83. The summed E-state index contributed by atoms with van der Waals surface area (Å²) in [6.07, 6.45) is 5.59. The van der Waals surface area contributed by atoms with Crippen molar-refractivity contribution in [1.29, 1.82) is 0 Å². The quantitative estimate of drug-likeness (QED) is 0.819. The van der Waals surface area contributed by atoms with E-state index in [0.717, 1.165) is 12.8 Å². The minimum absolute atomic E-state index is 0.0670. The van der Waals surface area contributed by atoms with Crippen molar-refractivity contribution in [2.75, 3.05) is 5.32 Å². The summed E-state index contributed by atoms with van der Waals surface area (Å²) in [5.74, 6) is 0.459. The van der Waals surface area contributed by atoms with E-state index in [-0.39, 0.29) is 11.3 Å². The standard InChI is InChI=1S/C15H18ClF2N5O/c1-15(24)5-2-9(3-6-15)20-12-10(8-19-13(16)21-12)11-4-7-23(22-11)14(17)18/h4,7-9,14,24H,2-3,5-6H2,1H3,(H,19,20,21). The smallest absolute Gasteiger partial charge is 0.333 e. The highest BCUT2D eigenvalue weighted by Gasteiger charge is 2.29. The number of aliphatic hydroxyl groups is 1. The molecule has 2 aromatic rings. The molecule has 2 N–H and O–H groups in total. The molecular weight excluding hydrogens is 340 g/mol. The molecule has 0 spiro atoms. The highest BCUT2D eigenvalue weighted by molar-refractivity contribution is 6.28. The van der Waals surface area contributed by atoms with Gasteiger partial charge in [-0.1, -0.05) is 0 Å². The van der Waals surface area contributed by atoms with Crippen LogP contribution in [0.3, 0.4) is 0 Å². The zero-order chi connectivity index (χ0) is 17.3. The van der Waals surface area contributed by atoms with E-state index in [4.69, 9.17) is 11.6 Å². The number of hydrogen-bond acceptors (Lipinski definition) is 5. The summed E-state index contributed by atoms with van der Waals surface area (Å²) in [5.41, 5.74) is 0.216. The van der Waals surface area contributed by atoms with Gasteiger partial charge < -0.3 is 10.4 Å². The largest absolute Gasteiger partial charge is 0.390 e. The van der Waals surface area contributed by atoms with E-state index in [2.05, 4.69) is 20.4 Å². The van der Waals surface area contributed by atoms with Crippen LogP contribution in [0, 0.1) is 0 Å². The Balaban J connectivity index is 1.83. The normalized spacial score (nSPS) is 24.3. The van der Waals surface area contributed by atoms with Gasteiger partial charge in [0.25, 0.3) is 0 Å². The monoisotopic (exact) mass is 357 g/mol. The second kappa shape index (κ2) is 6.60. The minimum Gasteiger partial charge on any atom is -0.390 e. The molecule has 1 saturated carbocycles. The van der Waals surface area contributed by atoms with E-state index in [0.29, 0.717) is 34.6 Å². The van der Waals surface area contributed by atoms with Crippen LogP contribution in [0.25, 0.3) is 11.3 Å². The fourth-order valence-corrected chi connectivity index (χ4v) is 2.96. The number of nitrogens with zero attached hydrogens (tertiary/aromatic N) is 4. The Morgan fingerprint density at radius 2 is 2.12 bits per heavy atom. The van der Waals surface area contributed by atoms with Crippen LogP contribution in [0.4, 0.5) is 14.6 Å². The topological polar surface area (TPSA) is 75.9 Å². The van der Waals surface area contributed by atoms with Gasteiger partial charge in [0.15, 0.2) is 0 Å². The predicted octanol–water partition coefficient (Wildman–Crippen LogP) is 3.49. The fraction of sp³-hybridized carbons (Fsp3) is 0.533. The molecule has 6 nitrogen and oxygen atoms in total. The summed E-state index contributed by atoms with van der Waals surface area (Å²) in [6, 6.07) is 1.60. The van der Waals surface area contributed by atoms with Crippen LogP contribution >= 0.6 is 11.6 Å². The third kappa shape index (κ3) is 3.81. The number of nitrogens with one attached hydrogen (secondary N) is 1. The van der Waals surface area contributed by atoms with E-state index in [1.54, 1.807) is 0 Å². The molecule has 3 rings (SSSR count). The van der Waals surface area contributed by atoms with Crippen molar-refractivity contribution in [3.63, 3.8) is 0 Å². The lowest BCUT2D eigenvalue weighted by Gasteiger charge is -2.33. The summed E-state index contributed by atoms with van der Waals surface area (Å²) in [4.78, 5) is 8.10. The summed E-state index contributed by atoms with van der Waals surface area (Å²) >= 11 is 5.88. The van der Waals surface area contributed by atoms with Gasteiger partial charge in [0.05, 0.1) is 16.9 Å². The van der Waals surface area contributed by atoms with E-state index < -0.39 is 12.2 Å². The highest BCUT2D eigenvalue weighted by Crippen LogP contribution is 2.32. The van der Waals surface area contributed by atoms with Gasteiger partial charge in [-0.2, -0.15) is 13.9 Å². The van der Waals surface area contributed by atoms with Gasteiger partial charge in [-0.3, -0.25) is 0 Å². The summed E-state index contributed by atoms with van der Waals surface area (Å²) in [5, 5.41) is 17.2. The molecule has 24 heavy (non-hydrogen) atoms. The molecule has 0 unspecified atom stereocenters. The summed E-state index contributed by atoms with van der Waals surface area (Å²) < 4.78 is 26.0. The van der Waals surface area contributed by atoms with Crippen LogP contribution in [0.15, 0.2) is 18.5 Å². The third-order valence-corrected chi connectivity index (χ3v) is 4.43. The van der Waals surface area contributed by atoms with E-state index in [9.17, 15) is 13.9 Å². The summed E-state index contributed by atoms with van der Waals surface area (Å²) in [6.45, 7) is -0.878. The molecule has 0 saturated heterocycles. The minimum atomic E-state index is -2.70. The molecule has 1 aliphatic rings. The van der Waals surface area contributed by atoms with Gasteiger partial charge in [0.1, 0.15) is 5.82 Å². The molecule has 0 amide bonds. The van der Waals surface area contributed by atoms with Crippen LogP contribution in [0.1, 0.15) is 39.2 Å². The Morgan fingerprint density at radius 1 is 1.42 bits per heavy atom. The van der Waals surface area contributed by atoms with Crippen LogP contribution in [0.2, 0.25) is 5.28 Å². The van der Waals surface area contributed by atoms with Gasteiger partial charge in [-0.15, -0.1) is 0 Å². The van der Waals surface area contributed by atoms with E-state index in [1.807, 2.05) is 6.92 Å². The van der Waals surface area contributed by atoms with Crippen molar-refractivity contribution in [2.45, 2.75) is 50.8 Å². The Bertz CT molecular complexity index is 712. The maximum atomic E-state index is 12.7. The lowest BCUT2D eigenvalue weighted by Crippen LogP contribution is -2.36. The van der Waals surface area contributed by atoms with Crippen molar-refractivity contribution in [3.8, 4) is 11.3 Å². The van der Waals surface area contributed by atoms with Gasteiger partial charge in [0.2, 0.25) is 5.28 Å². The molecule has 2 heterocycles. The first-order chi connectivity index (χ1) is 11.3. The number of alkyl halides is 2. The first-order valence-electron chi connectivity index (χ1n) is 7.69. The van der Waals surface area contributed by atoms with E-state index in [1.165, 1.54) is 18.5 Å². The molecule has 0 aromatic carbocycles. The van der Waals surface area contributed by atoms with Crippen molar-refractivity contribution < 1.29 is 13.9 Å². The SMILES string of the molecule is CC1(O)CCC(Nc2nc(Cl)ncc2-c2ccn(C(F)F)n2)CC1. The maximum absolute atomic E-state index is 12.7. The molecule has 0 aliphatic heterocycles. The van der Waals surface area contributed by atoms with Gasteiger partial charge in [-0.25, -0.2) is 14.6 Å². The zero-order valence-corrected chi connectivity index (χ0v) is 13.8. The lowest BCUT2D eigenvalue weighted by molar-refractivity contribution is 0.0196. The fourth-order valence-electron chi connectivity index (χ4n) is 2.83. The Hall–Kier alpha value is -1.80. The zero-order valence-electron chi connectivity index (χ0n) is 13.1. The molecule has 0 atom stereocenters. The van der Waals surface area contributed by atoms with Crippen molar-refractivity contribution >= 4 is 17.4 Å². The molecule has 1 fully saturated rings.